The van der Waals surface area contributed by atoms with Gasteiger partial charge in [0.2, 0.25) is 0 Å². The highest BCUT2D eigenvalue weighted by Gasteiger charge is 2.12. The van der Waals surface area contributed by atoms with E-state index in [1.165, 1.54) is 31.5 Å². The first-order valence-corrected chi connectivity index (χ1v) is 8.56. The Morgan fingerprint density at radius 1 is 1.04 bits per heavy atom. The number of nitrogens with one attached hydrogen (secondary N) is 1. The maximum absolute atomic E-state index is 12.3. The number of likely N-dealkylation sites (tertiary alicyclic amines) is 1. The summed E-state index contributed by atoms with van der Waals surface area (Å²) in [5, 5.41) is 2.97. The molecule has 6 heteroatoms. The zero-order valence-electron chi connectivity index (χ0n) is 15.0. The number of amides is 1. The third kappa shape index (κ3) is 5.90. The molecule has 4 nitrogen and oxygen atoms in total. The van der Waals surface area contributed by atoms with E-state index in [4.69, 9.17) is 5.73 Å². The number of aryl methyl sites for hydroxylation is 1. The second-order valence-corrected chi connectivity index (χ2v) is 6.56. The van der Waals surface area contributed by atoms with Gasteiger partial charge in [-0.1, -0.05) is 30.3 Å². The number of halogens is 2. The van der Waals surface area contributed by atoms with E-state index in [0.29, 0.717) is 17.8 Å². The van der Waals surface area contributed by atoms with Gasteiger partial charge in [-0.25, -0.2) is 0 Å². The maximum atomic E-state index is 12.3. The molecule has 1 aliphatic heterocycles. The topological polar surface area (TPSA) is 58.4 Å². The average molecular weight is 396 g/mol. The van der Waals surface area contributed by atoms with E-state index < -0.39 is 0 Å². The molecule has 0 aromatic heterocycles. The van der Waals surface area contributed by atoms with E-state index in [1.807, 2.05) is 19.1 Å². The van der Waals surface area contributed by atoms with Crippen LogP contribution in [0, 0.1) is 6.92 Å². The molecule has 3 rings (SSSR count). The quantitative estimate of drug-likeness (QED) is 0.753. The molecule has 1 heterocycles. The average Bonchev–Trinajstić information content (AvgIpc) is 3.09. The Bertz CT molecular complexity index is 713. The monoisotopic (exact) mass is 395 g/mol. The molecule has 0 bridgehead atoms. The van der Waals surface area contributed by atoms with Crippen molar-refractivity contribution in [1.29, 1.82) is 0 Å². The minimum Gasteiger partial charge on any atom is -0.399 e. The molecule has 3 N–H and O–H groups in total. The minimum atomic E-state index is -0.0825. The van der Waals surface area contributed by atoms with Gasteiger partial charge < -0.3 is 11.1 Å². The number of rotatable bonds is 5. The molecule has 1 aliphatic rings. The van der Waals surface area contributed by atoms with Gasteiger partial charge >= 0.3 is 0 Å². The Hall–Kier alpha value is -1.75. The van der Waals surface area contributed by atoms with Gasteiger partial charge in [0.15, 0.2) is 0 Å². The molecule has 26 heavy (non-hydrogen) atoms. The molecule has 0 spiro atoms. The summed E-state index contributed by atoms with van der Waals surface area (Å²) in [6.07, 6.45) is 2.63. The molecule has 2 aromatic rings. The van der Waals surface area contributed by atoms with Crippen LogP contribution < -0.4 is 11.1 Å². The number of nitrogens with two attached hydrogens (primary N) is 1. The van der Waals surface area contributed by atoms with E-state index in [1.54, 1.807) is 6.07 Å². The van der Waals surface area contributed by atoms with Crippen molar-refractivity contribution in [2.24, 2.45) is 0 Å². The molecule has 1 saturated heterocycles. The summed E-state index contributed by atoms with van der Waals surface area (Å²) >= 11 is 0. The predicted octanol–water partition coefficient (Wildman–Crippen LogP) is 3.95. The summed E-state index contributed by atoms with van der Waals surface area (Å²) in [5.41, 5.74) is 10.4. The summed E-state index contributed by atoms with van der Waals surface area (Å²) in [7, 11) is 0. The molecule has 1 amide bonds. The van der Waals surface area contributed by atoms with E-state index in [9.17, 15) is 4.79 Å². The Kier molecular flexibility index (Phi) is 8.93. The van der Waals surface area contributed by atoms with Crippen LogP contribution in [-0.4, -0.2) is 23.9 Å². The normalized spacial score (nSPS) is 13.6. The van der Waals surface area contributed by atoms with Crippen molar-refractivity contribution in [3.63, 3.8) is 0 Å². The van der Waals surface area contributed by atoms with E-state index >= 15 is 0 Å². The summed E-state index contributed by atoms with van der Waals surface area (Å²) in [6, 6.07) is 13.9. The van der Waals surface area contributed by atoms with Crippen molar-refractivity contribution in [2.45, 2.75) is 32.9 Å². The first-order valence-electron chi connectivity index (χ1n) is 8.56. The third-order valence-electron chi connectivity index (χ3n) is 4.59. The molecule has 0 unspecified atom stereocenters. The number of benzene rings is 2. The summed E-state index contributed by atoms with van der Waals surface area (Å²) in [6.45, 7) is 5.88. The van der Waals surface area contributed by atoms with Crippen LogP contribution in [-0.2, 0) is 13.1 Å². The second kappa shape index (κ2) is 10.4. The molecule has 0 radical (unpaired) electrons. The first kappa shape index (κ1) is 22.3. The van der Waals surface area contributed by atoms with Crippen molar-refractivity contribution in [2.75, 3.05) is 18.8 Å². The lowest BCUT2D eigenvalue weighted by atomic mass is 10.1. The van der Waals surface area contributed by atoms with Crippen LogP contribution in [0.15, 0.2) is 42.5 Å². The highest BCUT2D eigenvalue weighted by molar-refractivity contribution is 5.96. The molecule has 2 aromatic carbocycles. The van der Waals surface area contributed by atoms with Crippen LogP contribution in [0.3, 0.4) is 0 Å². The van der Waals surface area contributed by atoms with Gasteiger partial charge in [0.05, 0.1) is 0 Å². The van der Waals surface area contributed by atoms with E-state index in [2.05, 4.69) is 34.5 Å². The van der Waals surface area contributed by atoms with Gasteiger partial charge in [-0.2, -0.15) is 0 Å². The number of nitrogens with zero attached hydrogens (tertiary/aromatic N) is 1. The standard InChI is InChI=1S/C20H25N3O.2ClH/c1-15-4-9-18(21)12-19(15)20(24)22-13-16-5-7-17(8-6-16)14-23-10-2-3-11-23;;/h4-9,12H,2-3,10-11,13-14,21H2,1H3,(H,22,24);2*1H. The van der Waals surface area contributed by atoms with Gasteiger partial charge in [-0.05, 0) is 61.7 Å². The Morgan fingerprint density at radius 3 is 2.31 bits per heavy atom. The van der Waals surface area contributed by atoms with Crippen LogP contribution in [0.4, 0.5) is 5.69 Å². The van der Waals surface area contributed by atoms with Crippen LogP contribution in [0.25, 0.3) is 0 Å². The maximum Gasteiger partial charge on any atom is 0.251 e. The van der Waals surface area contributed by atoms with Crippen molar-refractivity contribution >= 4 is 36.4 Å². The summed E-state index contributed by atoms with van der Waals surface area (Å²) in [5.74, 6) is -0.0825. The fourth-order valence-electron chi connectivity index (χ4n) is 3.12. The molecule has 0 aliphatic carbocycles. The molecule has 0 saturated carbocycles. The van der Waals surface area contributed by atoms with Crippen molar-refractivity contribution in [3.8, 4) is 0 Å². The third-order valence-corrected chi connectivity index (χ3v) is 4.59. The van der Waals surface area contributed by atoms with E-state index in [-0.39, 0.29) is 30.7 Å². The van der Waals surface area contributed by atoms with E-state index in [0.717, 1.165) is 17.7 Å². The zero-order chi connectivity index (χ0) is 16.9. The Balaban J connectivity index is 0.00000169. The SMILES string of the molecule is Cc1ccc(N)cc1C(=O)NCc1ccc(CN2CCCC2)cc1.Cl.Cl. The highest BCUT2D eigenvalue weighted by Crippen LogP contribution is 2.14. The highest BCUT2D eigenvalue weighted by atomic mass is 35.5. The number of nitrogen functional groups attached to an aromatic ring is 1. The Morgan fingerprint density at radius 2 is 1.65 bits per heavy atom. The second-order valence-electron chi connectivity index (χ2n) is 6.56. The summed E-state index contributed by atoms with van der Waals surface area (Å²) in [4.78, 5) is 14.8. The van der Waals surface area contributed by atoms with Gasteiger partial charge in [0.1, 0.15) is 0 Å². The number of hydrogen-bond acceptors (Lipinski definition) is 3. The van der Waals surface area contributed by atoms with Gasteiger partial charge in [0.25, 0.3) is 5.91 Å². The molecular weight excluding hydrogens is 369 g/mol. The number of hydrogen-bond donors (Lipinski definition) is 2. The number of anilines is 1. The van der Waals surface area contributed by atoms with Crippen molar-refractivity contribution in [1.82, 2.24) is 10.2 Å². The molecule has 1 fully saturated rings. The lowest BCUT2D eigenvalue weighted by Gasteiger charge is -2.15. The minimum absolute atomic E-state index is 0. The van der Waals surface area contributed by atoms with Crippen LogP contribution >= 0.6 is 24.8 Å². The largest absolute Gasteiger partial charge is 0.399 e. The Labute approximate surface area is 168 Å². The fraction of sp³-hybridized carbons (Fsp3) is 0.350. The molecule has 142 valence electrons. The molecular formula is C20H27Cl2N3O. The molecule has 0 atom stereocenters. The van der Waals surface area contributed by atoms with Gasteiger partial charge in [-0.3, -0.25) is 9.69 Å². The van der Waals surface area contributed by atoms with Crippen LogP contribution in [0.5, 0.6) is 0 Å². The fourth-order valence-corrected chi connectivity index (χ4v) is 3.12. The number of carbonyl (C=O) groups excluding carboxylic acids is 1. The number of carbonyl (C=O) groups is 1. The summed E-state index contributed by atoms with van der Waals surface area (Å²) < 4.78 is 0. The lowest BCUT2D eigenvalue weighted by molar-refractivity contribution is 0.0950. The van der Waals surface area contributed by atoms with Crippen molar-refractivity contribution in [3.05, 3.63) is 64.7 Å². The van der Waals surface area contributed by atoms with Crippen molar-refractivity contribution < 1.29 is 4.79 Å². The van der Waals surface area contributed by atoms with Crippen LogP contribution in [0.2, 0.25) is 0 Å². The zero-order valence-corrected chi connectivity index (χ0v) is 16.7. The lowest BCUT2D eigenvalue weighted by Crippen LogP contribution is -2.23. The first-order chi connectivity index (χ1) is 11.6. The van der Waals surface area contributed by atoms with Gasteiger partial charge in [0, 0.05) is 24.3 Å². The van der Waals surface area contributed by atoms with Gasteiger partial charge in [-0.15, -0.1) is 24.8 Å². The smallest absolute Gasteiger partial charge is 0.251 e. The predicted molar refractivity (Wildman–Crippen MR) is 112 cm³/mol. The van der Waals surface area contributed by atoms with Crippen LogP contribution in [0.1, 0.15) is 39.9 Å².